The summed E-state index contributed by atoms with van der Waals surface area (Å²) < 4.78 is 15.1. The molecule has 1 N–H and O–H groups in total. The third-order valence-electron chi connectivity index (χ3n) is 5.87. The molecule has 3 aromatic rings. The lowest BCUT2D eigenvalue weighted by molar-refractivity contribution is -0.133. The Balaban J connectivity index is 1.59. The lowest BCUT2D eigenvalue weighted by Crippen LogP contribution is -2.42. The smallest absolute Gasteiger partial charge is 0.266 e. The number of hydrogen-bond donors (Lipinski definition) is 1. The Hall–Kier alpha value is -3.07. The highest BCUT2D eigenvalue weighted by atomic mass is 32.1. The van der Waals surface area contributed by atoms with Crippen molar-refractivity contribution in [3.63, 3.8) is 0 Å². The fraction of sp³-hybridized carbons (Fsp3) is 0.391. The van der Waals surface area contributed by atoms with Gasteiger partial charge in [-0.3, -0.25) is 19.0 Å². The predicted octanol–water partition coefficient (Wildman–Crippen LogP) is 3.72. The van der Waals surface area contributed by atoms with E-state index in [9.17, 15) is 18.8 Å². The van der Waals surface area contributed by atoms with Crippen LogP contribution >= 0.6 is 11.3 Å². The molecular weight excluding hydrogens is 431 g/mol. The van der Waals surface area contributed by atoms with Gasteiger partial charge >= 0.3 is 0 Å². The van der Waals surface area contributed by atoms with Crippen LogP contribution in [0.25, 0.3) is 10.2 Å². The van der Waals surface area contributed by atoms with Crippen LogP contribution in [0.5, 0.6) is 0 Å². The molecule has 2 aromatic heterocycles. The standard InChI is InChI=1S/C23H25FN4O3S/c1-13-5-4-8-27(10-13)18(29)11-28-12-25-22-19(23(28)31)15(3)20(32-22)21(30)26-16-7-6-14(2)17(24)9-16/h6-7,9,12-13H,4-5,8,10-11H2,1-3H3,(H,26,30)/t13-/m1/s1. The van der Waals surface area contributed by atoms with Gasteiger partial charge in [-0.1, -0.05) is 13.0 Å². The number of aromatic nitrogens is 2. The highest BCUT2D eigenvalue weighted by Crippen LogP contribution is 2.28. The maximum absolute atomic E-state index is 13.8. The van der Waals surface area contributed by atoms with Crippen molar-refractivity contribution in [2.75, 3.05) is 18.4 Å². The molecule has 1 fully saturated rings. The number of halogens is 1. The van der Waals surface area contributed by atoms with Gasteiger partial charge in [0.05, 0.1) is 16.6 Å². The monoisotopic (exact) mass is 456 g/mol. The fourth-order valence-corrected chi connectivity index (χ4v) is 5.04. The second-order valence-electron chi connectivity index (χ2n) is 8.42. The predicted molar refractivity (Wildman–Crippen MR) is 123 cm³/mol. The molecular formula is C23H25FN4O3S. The van der Waals surface area contributed by atoms with E-state index in [1.807, 2.05) is 0 Å². The Kier molecular flexibility index (Phi) is 6.10. The summed E-state index contributed by atoms with van der Waals surface area (Å²) in [5.74, 6) is -0.495. The van der Waals surface area contributed by atoms with Crippen LogP contribution in [-0.2, 0) is 11.3 Å². The average molecular weight is 457 g/mol. The van der Waals surface area contributed by atoms with Gasteiger partial charge in [0.15, 0.2) is 0 Å². The number of nitrogens with zero attached hydrogens (tertiary/aromatic N) is 3. The Bertz CT molecular complexity index is 1270. The number of anilines is 1. The van der Waals surface area contributed by atoms with E-state index in [0.717, 1.165) is 24.2 Å². The number of hydrogen-bond acceptors (Lipinski definition) is 5. The van der Waals surface area contributed by atoms with Crippen molar-refractivity contribution in [3.8, 4) is 0 Å². The van der Waals surface area contributed by atoms with Crippen molar-refractivity contribution in [2.24, 2.45) is 5.92 Å². The van der Waals surface area contributed by atoms with E-state index in [0.29, 0.717) is 50.9 Å². The van der Waals surface area contributed by atoms with Gasteiger partial charge in [-0.25, -0.2) is 9.37 Å². The molecule has 3 heterocycles. The Labute approximate surface area is 188 Å². The minimum Gasteiger partial charge on any atom is -0.341 e. The molecule has 1 aromatic carbocycles. The zero-order chi connectivity index (χ0) is 23.0. The highest BCUT2D eigenvalue weighted by molar-refractivity contribution is 7.20. The maximum Gasteiger partial charge on any atom is 0.266 e. The first-order valence-corrected chi connectivity index (χ1v) is 11.4. The second-order valence-corrected chi connectivity index (χ2v) is 9.42. The van der Waals surface area contributed by atoms with Gasteiger partial charge in [-0.15, -0.1) is 11.3 Å². The molecule has 32 heavy (non-hydrogen) atoms. The lowest BCUT2D eigenvalue weighted by atomic mass is 10.0. The summed E-state index contributed by atoms with van der Waals surface area (Å²) in [6.45, 7) is 6.77. The highest BCUT2D eigenvalue weighted by Gasteiger charge is 2.23. The number of benzene rings is 1. The summed E-state index contributed by atoms with van der Waals surface area (Å²) in [7, 11) is 0. The number of aryl methyl sites for hydroxylation is 2. The molecule has 0 bridgehead atoms. The van der Waals surface area contributed by atoms with Crippen LogP contribution in [0.4, 0.5) is 10.1 Å². The van der Waals surface area contributed by atoms with Gasteiger partial charge in [-0.2, -0.15) is 0 Å². The topological polar surface area (TPSA) is 84.3 Å². The van der Waals surface area contributed by atoms with Gasteiger partial charge in [0.1, 0.15) is 17.2 Å². The van der Waals surface area contributed by atoms with E-state index in [1.54, 1.807) is 30.9 Å². The number of likely N-dealkylation sites (tertiary alicyclic amines) is 1. The number of carbonyl (C=O) groups excluding carboxylic acids is 2. The summed E-state index contributed by atoms with van der Waals surface area (Å²) in [6, 6.07) is 4.47. The van der Waals surface area contributed by atoms with Crippen molar-refractivity contribution in [1.82, 2.24) is 14.5 Å². The molecule has 0 aliphatic carbocycles. The quantitative estimate of drug-likeness (QED) is 0.649. The van der Waals surface area contributed by atoms with E-state index in [-0.39, 0.29) is 18.0 Å². The van der Waals surface area contributed by atoms with E-state index in [4.69, 9.17) is 0 Å². The number of piperidine rings is 1. The molecule has 1 atom stereocenters. The summed E-state index contributed by atoms with van der Waals surface area (Å²) in [4.78, 5) is 45.5. The molecule has 7 nitrogen and oxygen atoms in total. The van der Waals surface area contributed by atoms with Crippen LogP contribution < -0.4 is 10.9 Å². The molecule has 1 saturated heterocycles. The van der Waals surface area contributed by atoms with Crippen molar-refractivity contribution < 1.29 is 14.0 Å². The third kappa shape index (κ3) is 4.29. The largest absolute Gasteiger partial charge is 0.341 e. The van der Waals surface area contributed by atoms with Crippen molar-refractivity contribution in [3.05, 3.63) is 56.7 Å². The Morgan fingerprint density at radius 2 is 2.09 bits per heavy atom. The van der Waals surface area contributed by atoms with Gasteiger partial charge < -0.3 is 10.2 Å². The summed E-state index contributed by atoms with van der Waals surface area (Å²) in [5.41, 5.74) is 0.976. The average Bonchev–Trinajstić information content (AvgIpc) is 3.10. The molecule has 0 unspecified atom stereocenters. The van der Waals surface area contributed by atoms with Crippen molar-refractivity contribution in [1.29, 1.82) is 0 Å². The van der Waals surface area contributed by atoms with Gasteiger partial charge in [0.25, 0.3) is 11.5 Å². The van der Waals surface area contributed by atoms with Crippen LogP contribution in [0, 0.1) is 25.6 Å². The molecule has 0 radical (unpaired) electrons. The normalized spacial score (nSPS) is 16.4. The first-order chi connectivity index (χ1) is 15.2. The number of amides is 2. The number of fused-ring (bicyclic) bond motifs is 1. The summed E-state index contributed by atoms with van der Waals surface area (Å²) in [5, 5.41) is 3.01. The third-order valence-corrected chi connectivity index (χ3v) is 7.07. The first-order valence-electron chi connectivity index (χ1n) is 10.6. The Morgan fingerprint density at radius 3 is 2.81 bits per heavy atom. The first kappa shape index (κ1) is 22.1. The number of rotatable bonds is 4. The Morgan fingerprint density at radius 1 is 1.31 bits per heavy atom. The minimum atomic E-state index is -0.432. The van der Waals surface area contributed by atoms with E-state index < -0.39 is 11.7 Å². The molecule has 9 heteroatoms. The second kappa shape index (κ2) is 8.82. The molecule has 168 valence electrons. The van der Waals surface area contributed by atoms with E-state index in [2.05, 4.69) is 17.2 Å². The molecule has 0 saturated carbocycles. The number of nitrogens with one attached hydrogen (secondary N) is 1. The summed E-state index contributed by atoms with van der Waals surface area (Å²) >= 11 is 1.10. The summed E-state index contributed by atoms with van der Waals surface area (Å²) in [6.07, 6.45) is 3.43. The zero-order valence-corrected chi connectivity index (χ0v) is 19.1. The molecule has 1 aliphatic rings. The number of carbonyl (C=O) groups is 2. The maximum atomic E-state index is 13.8. The minimum absolute atomic E-state index is 0.0754. The molecule has 2 amide bonds. The molecule has 0 spiro atoms. The molecule has 1 aliphatic heterocycles. The SMILES string of the molecule is Cc1ccc(NC(=O)c2sc3ncn(CC(=O)N4CCC[C@@H](C)C4)c(=O)c3c2C)cc1F. The van der Waals surface area contributed by atoms with E-state index >= 15 is 0 Å². The number of thiophene rings is 1. The van der Waals surface area contributed by atoms with Gasteiger partial charge in [0, 0.05) is 18.8 Å². The lowest BCUT2D eigenvalue weighted by Gasteiger charge is -2.31. The van der Waals surface area contributed by atoms with Crippen LogP contribution in [0.2, 0.25) is 0 Å². The van der Waals surface area contributed by atoms with Crippen LogP contribution in [0.1, 0.15) is 40.6 Å². The van der Waals surface area contributed by atoms with Crippen LogP contribution in [-0.4, -0.2) is 39.4 Å². The van der Waals surface area contributed by atoms with Crippen molar-refractivity contribution >= 4 is 39.1 Å². The van der Waals surface area contributed by atoms with Crippen LogP contribution in [0.3, 0.4) is 0 Å². The fourth-order valence-electron chi connectivity index (χ4n) is 4.01. The van der Waals surface area contributed by atoms with Gasteiger partial charge in [0.2, 0.25) is 5.91 Å². The van der Waals surface area contributed by atoms with Crippen molar-refractivity contribution in [2.45, 2.75) is 40.2 Å². The van der Waals surface area contributed by atoms with E-state index in [1.165, 1.54) is 17.0 Å². The van der Waals surface area contributed by atoms with Gasteiger partial charge in [-0.05, 0) is 55.9 Å². The van der Waals surface area contributed by atoms with Crippen LogP contribution in [0.15, 0.2) is 29.3 Å². The zero-order valence-electron chi connectivity index (χ0n) is 18.3. The molecule has 4 rings (SSSR count).